The van der Waals surface area contributed by atoms with Crippen molar-refractivity contribution in [2.45, 2.75) is 20.3 Å². The highest BCUT2D eigenvalue weighted by atomic mass is 32.2. The quantitative estimate of drug-likeness (QED) is 0.390. The lowest BCUT2D eigenvalue weighted by molar-refractivity contribution is 0.632. The zero-order valence-electron chi connectivity index (χ0n) is 5.44. The lowest BCUT2D eigenvalue weighted by Crippen LogP contribution is -1.92. The maximum atomic E-state index is 2.27. The monoisotopic (exact) mass is 119 g/mol. The molecule has 0 fully saturated rings. The molecule has 0 aromatic carbocycles. The first-order chi connectivity index (χ1) is 3.27. The van der Waals surface area contributed by atoms with E-state index in [1.54, 1.807) is 11.8 Å². The summed E-state index contributed by atoms with van der Waals surface area (Å²) in [5, 5.41) is 0. The summed E-state index contributed by atoms with van der Waals surface area (Å²) in [5.41, 5.74) is 0. The second-order valence-electron chi connectivity index (χ2n) is 2.22. The fourth-order valence-electron chi connectivity index (χ4n) is 0.387. The van der Waals surface area contributed by atoms with E-state index in [1.807, 2.05) is 0 Å². The van der Waals surface area contributed by atoms with Gasteiger partial charge in [-0.3, -0.25) is 0 Å². The second-order valence-corrected chi connectivity index (χ2v) is 3.30. The third-order valence-electron chi connectivity index (χ3n) is 0.930. The van der Waals surface area contributed by atoms with Crippen LogP contribution in [0.2, 0.25) is 0 Å². The average Bonchev–Trinajstić information content (AvgIpc) is 1.61. The molecule has 0 nitrogen and oxygen atoms in total. The van der Waals surface area contributed by atoms with Crippen molar-refractivity contribution in [3.05, 3.63) is 0 Å². The third-order valence-corrected chi connectivity index (χ3v) is 1.64. The molecular weight excluding hydrogens is 104 g/mol. The van der Waals surface area contributed by atoms with Crippen molar-refractivity contribution in [1.82, 2.24) is 0 Å². The molecule has 7 heavy (non-hydrogen) atoms. The molecule has 0 amide bonds. The van der Waals surface area contributed by atoms with Crippen LogP contribution >= 0.6 is 0 Å². The first kappa shape index (κ1) is 7.35. The molecule has 0 aromatic heterocycles. The molecule has 0 N–H and O–H groups in total. The average molecular weight is 119 g/mol. The Morgan fingerprint density at radius 1 is 1.43 bits per heavy atom. The lowest BCUT2D eigenvalue weighted by Gasteiger charge is -1.94. The molecular formula is C6H15S+. The van der Waals surface area contributed by atoms with E-state index in [9.17, 15) is 0 Å². The van der Waals surface area contributed by atoms with Crippen LogP contribution in [-0.4, -0.2) is 12.0 Å². The van der Waals surface area contributed by atoms with Gasteiger partial charge in [0.25, 0.3) is 0 Å². The standard InChI is InChI=1S/C6H14S/c1-6(2)4-5-7-3/h6H,4-5H2,1-3H3/p+1. The highest BCUT2D eigenvalue weighted by Crippen LogP contribution is 1.97. The van der Waals surface area contributed by atoms with E-state index in [0.717, 1.165) is 5.92 Å². The molecule has 0 unspecified atom stereocenters. The summed E-state index contributed by atoms with van der Waals surface area (Å²) in [5.74, 6) is 2.27. The molecule has 1 heteroatoms. The van der Waals surface area contributed by atoms with Crippen LogP contribution in [0.5, 0.6) is 0 Å². The molecule has 0 spiro atoms. The molecule has 0 rings (SSSR count). The van der Waals surface area contributed by atoms with E-state index in [-0.39, 0.29) is 0 Å². The van der Waals surface area contributed by atoms with E-state index in [2.05, 4.69) is 20.1 Å². The molecule has 0 aliphatic carbocycles. The molecule has 0 bridgehead atoms. The minimum Gasteiger partial charge on any atom is -0.0626 e. The van der Waals surface area contributed by atoms with Gasteiger partial charge in [-0.05, 0) is 24.1 Å². The van der Waals surface area contributed by atoms with Gasteiger partial charge in [-0.15, -0.1) is 0 Å². The van der Waals surface area contributed by atoms with Gasteiger partial charge in [0.1, 0.15) is 5.75 Å². The summed E-state index contributed by atoms with van der Waals surface area (Å²) in [6.45, 7) is 4.54. The Hall–Kier alpha value is 0.350. The SMILES string of the molecule is C[SH+]CCC(C)C. The maximum Gasteiger partial charge on any atom is 0.105 e. The van der Waals surface area contributed by atoms with Crippen LogP contribution in [0.3, 0.4) is 0 Å². The minimum atomic E-state index is 0.896. The van der Waals surface area contributed by atoms with E-state index in [0.29, 0.717) is 0 Å². The van der Waals surface area contributed by atoms with Gasteiger partial charge >= 0.3 is 0 Å². The van der Waals surface area contributed by atoms with Crippen molar-refractivity contribution in [2.24, 2.45) is 5.92 Å². The van der Waals surface area contributed by atoms with Gasteiger partial charge in [-0.1, -0.05) is 13.8 Å². The zero-order chi connectivity index (χ0) is 5.70. The van der Waals surface area contributed by atoms with E-state index in [4.69, 9.17) is 0 Å². The van der Waals surface area contributed by atoms with Gasteiger partial charge in [-0.2, -0.15) is 0 Å². The summed E-state index contributed by atoms with van der Waals surface area (Å²) in [6.07, 6.45) is 3.60. The van der Waals surface area contributed by atoms with E-state index < -0.39 is 0 Å². The van der Waals surface area contributed by atoms with Gasteiger partial charge < -0.3 is 0 Å². The topological polar surface area (TPSA) is 0 Å². The van der Waals surface area contributed by atoms with Gasteiger partial charge in [0.15, 0.2) is 0 Å². The minimum absolute atomic E-state index is 0.896. The molecule has 0 saturated carbocycles. The summed E-state index contributed by atoms with van der Waals surface area (Å²) >= 11 is 1.54. The van der Waals surface area contributed by atoms with Crippen LogP contribution < -0.4 is 0 Å². The van der Waals surface area contributed by atoms with Crippen LogP contribution in [0.4, 0.5) is 0 Å². The lowest BCUT2D eigenvalue weighted by atomic mass is 10.2. The summed E-state index contributed by atoms with van der Waals surface area (Å²) < 4.78 is 0. The summed E-state index contributed by atoms with van der Waals surface area (Å²) in [6, 6.07) is 0. The van der Waals surface area contributed by atoms with Crippen LogP contribution in [0, 0.1) is 5.92 Å². The fourth-order valence-corrected chi connectivity index (χ4v) is 1.16. The molecule has 0 saturated heterocycles. The van der Waals surface area contributed by atoms with E-state index in [1.165, 1.54) is 12.2 Å². The number of thiol groups is 1. The molecule has 0 heterocycles. The predicted octanol–water partition coefficient (Wildman–Crippen LogP) is 1.48. The van der Waals surface area contributed by atoms with Crippen LogP contribution in [0.25, 0.3) is 0 Å². The largest absolute Gasteiger partial charge is 0.105 e. The van der Waals surface area contributed by atoms with Crippen molar-refractivity contribution in [2.75, 3.05) is 12.0 Å². The first-order valence-corrected chi connectivity index (χ1v) is 4.35. The van der Waals surface area contributed by atoms with Gasteiger partial charge in [0, 0.05) is 0 Å². The maximum absolute atomic E-state index is 2.27. The van der Waals surface area contributed by atoms with Crippen molar-refractivity contribution in [3.8, 4) is 0 Å². The van der Waals surface area contributed by atoms with Gasteiger partial charge in [0.2, 0.25) is 0 Å². The summed E-state index contributed by atoms with van der Waals surface area (Å²) in [4.78, 5) is 0. The van der Waals surface area contributed by atoms with Gasteiger partial charge in [-0.25, -0.2) is 0 Å². The van der Waals surface area contributed by atoms with Crippen LogP contribution in [-0.2, 0) is 11.8 Å². The van der Waals surface area contributed by atoms with Crippen molar-refractivity contribution < 1.29 is 0 Å². The summed E-state index contributed by atoms with van der Waals surface area (Å²) in [7, 11) is 0. The van der Waals surface area contributed by atoms with Crippen LogP contribution in [0.15, 0.2) is 0 Å². The number of hydrogen-bond acceptors (Lipinski definition) is 0. The molecule has 0 atom stereocenters. The molecule has 0 aliphatic rings. The van der Waals surface area contributed by atoms with Crippen molar-refractivity contribution in [3.63, 3.8) is 0 Å². The molecule has 0 radical (unpaired) electrons. The molecule has 0 aliphatic heterocycles. The van der Waals surface area contributed by atoms with Gasteiger partial charge in [0.05, 0.1) is 6.26 Å². The van der Waals surface area contributed by atoms with Crippen molar-refractivity contribution >= 4 is 11.8 Å². The second kappa shape index (κ2) is 4.51. The Morgan fingerprint density at radius 2 is 2.00 bits per heavy atom. The zero-order valence-corrected chi connectivity index (χ0v) is 6.33. The number of rotatable bonds is 3. The third kappa shape index (κ3) is 6.35. The Bertz CT molecular complexity index is 33.2. The normalized spacial score (nSPS) is 10.3. The highest BCUT2D eigenvalue weighted by molar-refractivity contribution is 7.77. The fraction of sp³-hybridized carbons (Fsp3) is 1.00. The Balaban J connectivity index is 2.68. The number of hydrogen-bond donors (Lipinski definition) is 0. The molecule has 44 valence electrons. The van der Waals surface area contributed by atoms with Crippen LogP contribution in [0.1, 0.15) is 20.3 Å². The van der Waals surface area contributed by atoms with E-state index >= 15 is 0 Å². The predicted molar refractivity (Wildman–Crippen MR) is 39.0 cm³/mol. The first-order valence-electron chi connectivity index (χ1n) is 2.83. The van der Waals surface area contributed by atoms with Crippen molar-refractivity contribution in [1.29, 1.82) is 0 Å². The smallest absolute Gasteiger partial charge is 0.0626 e. The highest BCUT2D eigenvalue weighted by Gasteiger charge is 1.93. The Kier molecular flexibility index (Phi) is 4.73. The Morgan fingerprint density at radius 3 is 2.14 bits per heavy atom. The Labute approximate surface area is 50.7 Å². The molecule has 0 aromatic rings.